The zero-order chi connectivity index (χ0) is 13.5. The minimum atomic E-state index is 0.513. The SMILES string of the molecule is Clc1cc(-c2ccnc3c2-c2ccccc2C3)ccn1. The van der Waals surface area contributed by atoms with Crippen LogP contribution in [0, 0.1) is 0 Å². The van der Waals surface area contributed by atoms with Gasteiger partial charge in [0.1, 0.15) is 5.15 Å². The van der Waals surface area contributed by atoms with Gasteiger partial charge in [-0.25, -0.2) is 4.98 Å². The molecule has 0 unspecified atom stereocenters. The van der Waals surface area contributed by atoms with E-state index in [0.717, 1.165) is 17.7 Å². The molecule has 0 radical (unpaired) electrons. The molecule has 0 aliphatic heterocycles. The molecule has 2 aromatic heterocycles. The Labute approximate surface area is 122 Å². The maximum atomic E-state index is 6.02. The van der Waals surface area contributed by atoms with Gasteiger partial charge in [0, 0.05) is 24.4 Å². The van der Waals surface area contributed by atoms with Gasteiger partial charge < -0.3 is 0 Å². The molecule has 3 heteroatoms. The summed E-state index contributed by atoms with van der Waals surface area (Å²) in [6.45, 7) is 0. The average molecular weight is 279 g/mol. The van der Waals surface area contributed by atoms with Gasteiger partial charge in [-0.1, -0.05) is 35.9 Å². The average Bonchev–Trinajstić information content (AvgIpc) is 2.85. The summed E-state index contributed by atoms with van der Waals surface area (Å²) >= 11 is 6.02. The number of rotatable bonds is 1. The Morgan fingerprint density at radius 1 is 0.900 bits per heavy atom. The van der Waals surface area contributed by atoms with Crippen molar-refractivity contribution in [3.05, 3.63) is 71.3 Å². The van der Waals surface area contributed by atoms with Crippen LogP contribution in [0.2, 0.25) is 5.15 Å². The van der Waals surface area contributed by atoms with Crippen LogP contribution in [0.5, 0.6) is 0 Å². The molecule has 0 bridgehead atoms. The molecule has 0 atom stereocenters. The lowest BCUT2D eigenvalue weighted by Gasteiger charge is -2.09. The van der Waals surface area contributed by atoms with Crippen LogP contribution < -0.4 is 0 Å². The van der Waals surface area contributed by atoms with E-state index >= 15 is 0 Å². The number of fused-ring (bicyclic) bond motifs is 3. The largest absolute Gasteiger partial charge is 0.260 e. The highest BCUT2D eigenvalue weighted by atomic mass is 35.5. The highest BCUT2D eigenvalue weighted by molar-refractivity contribution is 6.29. The van der Waals surface area contributed by atoms with E-state index in [4.69, 9.17) is 11.6 Å². The van der Waals surface area contributed by atoms with Crippen LogP contribution in [0.4, 0.5) is 0 Å². The predicted molar refractivity (Wildman–Crippen MR) is 80.7 cm³/mol. The molecule has 20 heavy (non-hydrogen) atoms. The Hall–Kier alpha value is -2.19. The summed E-state index contributed by atoms with van der Waals surface area (Å²) in [6.07, 6.45) is 4.51. The first-order chi connectivity index (χ1) is 9.83. The van der Waals surface area contributed by atoms with Crippen LogP contribution in [-0.4, -0.2) is 9.97 Å². The van der Waals surface area contributed by atoms with E-state index in [1.807, 2.05) is 24.4 Å². The Bertz CT molecular complexity index is 812. The van der Waals surface area contributed by atoms with Gasteiger partial charge in [-0.05, 0) is 40.5 Å². The molecule has 1 aliphatic rings. The van der Waals surface area contributed by atoms with Crippen molar-refractivity contribution < 1.29 is 0 Å². The first-order valence-electron chi connectivity index (χ1n) is 6.51. The number of pyridine rings is 2. The lowest BCUT2D eigenvalue weighted by Crippen LogP contribution is -1.90. The Balaban J connectivity index is 2.00. The van der Waals surface area contributed by atoms with Crippen molar-refractivity contribution >= 4 is 11.6 Å². The van der Waals surface area contributed by atoms with Crippen LogP contribution in [0.3, 0.4) is 0 Å². The second-order valence-electron chi connectivity index (χ2n) is 4.88. The van der Waals surface area contributed by atoms with E-state index < -0.39 is 0 Å². The van der Waals surface area contributed by atoms with Crippen molar-refractivity contribution in [3.8, 4) is 22.3 Å². The smallest absolute Gasteiger partial charge is 0.129 e. The summed E-state index contributed by atoms with van der Waals surface area (Å²) in [4.78, 5) is 8.59. The monoisotopic (exact) mass is 278 g/mol. The quantitative estimate of drug-likeness (QED) is 0.483. The summed E-state index contributed by atoms with van der Waals surface area (Å²) < 4.78 is 0. The van der Waals surface area contributed by atoms with Gasteiger partial charge in [-0.3, -0.25) is 4.98 Å². The molecule has 96 valence electrons. The van der Waals surface area contributed by atoms with Gasteiger partial charge in [0.2, 0.25) is 0 Å². The van der Waals surface area contributed by atoms with E-state index in [1.165, 1.54) is 22.3 Å². The fourth-order valence-corrected chi connectivity index (χ4v) is 3.02. The van der Waals surface area contributed by atoms with E-state index in [-0.39, 0.29) is 0 Å². The predicted octanol–water partition coefficient (Wildman–Crippen LogP) is 4.37. The molecule has 4 rings (SSSR count). The fraction of sp³-hybridized carbons (Fsp3) is 0.0588. The van der Waals surface area contributed by atoms with Gasteiger partial charge in [-0.2, -0.15) is 0 Å². The maximum Gasteiger partial charge on any atom is 0.129 e. The third-order valence-electron chi connectivity index (χ3n) is 3.71. The molecule has 0 saturated carbocycles. The molecule has 0 N–H and O–H groups in total. The Morgan fingerprint density at radius 3 is 2.65 bits per heavy atom. The highest BCUT2D eigenvalue weighted by Crippen LogP contribution is 2.41. The van der Waals surface area contributed by atoms with Gasteiger partial charge in [-0.15, -0.1) is 0 Å². The maximum absolute atomic E-state index is 6.02. The molecule has 1 aliphatic carbocycles. The zero-order valence-corrected chi connectivity index (χ0v) is 11.4. The van der Waals surface area contributed by atoms with Gasteiger partial charge in [0.05, 0.1) is 5.69 Å². The number of nitrogens with zero attached hydrogens (tertiary/aromatic N) is 2. The van der Waals surface area contributed by atoms with Crippen LogP contribution in [0.1, 0.15) is 11.3 Å². The molecule has 0 spiro atoms. The third kappa shape index (κ3) is 1.73. The van der Waals surface area contributed by atoms with Gasteiger partial charge in [0.25, 0.3) is 0 Å². The molecule has 0 amide bonds. The van der Waals surface area contributed by atoms with Crippen molar-refractivity contribution in [1.82, 2.24) is 9.97 Å². The third-order valence-corrected chi connectivity index (χ3v) is 3.92. The van der Waals surface area contributed by atoms with Crippen molar-refractivity contribution in [1.29, 1.82) is 0 Å². The summed E-state index contributed by atoms with van der Waals surface area (Å²) in [5.74, 6) is 0. The molecular formula is C17H11ClN2. The van der Waals surface area contributed by atoms with Crippen molar-refractivity contribution in [2.75, 3.05) is 0 Å². The Morgan fingerprint density at radius 2 is 1.75 bits per heavy atom. The molecule has 2 nitrogen and oxygen atoms in total. The molecule has 0 fully saturated rings. The first-order valence-corrected chi connectivity index (χ1v) is 6.89. The summed E-state index contributed by atoms with van der Waals surface area (Å²) in [5.41, 5.74) is 7.23. The first kappa shape index (κ1) is 11.6. The topological polar surface area (TPSA) is 25.8 Å². The van der Waals surface area contributed by atoms with Crippen molar-refractivity contribution in [3.63, 3.8) is 0 Å². The van der Waals surface area contributed by atoms with Crippen molar-refractivity contribution in [2.24, 2.45) is 0 Å². The summed E-state index contributed by atoms with van der Waals surface area (Å²) in [7, 11) is 0. The second kappa shape index (κ2) is 4.43. The van der Waals surface area contributed by atoms with E-state index in [0.29, 0.717) is 5.15 Å². The van der Waals surface area contributed by atoms with E-state index in [1.54, 1.807) is 6.20 Å². The molecule has 2 heterocycles. The number of hydrogen-bond donors (Lipinski definition) is 0. The number of hydrogen-bond acceptors (Lipinski definition) is 2. The van der Waals surface area contributed by atoms with Crippen LogP contribution in [0.15, 0.2) is 54.9 Å². The van der Waals surface area contributed by atoms with E-state index in [9.17, 15) is 0 Å². The second-order valence-corrected chi connectivity index (χ2v) is 5.27. The number of benzene rings is 1. The van der Waals surface area contributed by atoms with Gasteiger partial charge in [0.15, 0.2) is 0 Å². The van der Waals surface area contributed by atoms with E-state index in [2.05, 4.69) is 34.2 Å². The lowest BCUT2D eigenvalue weighted by atomic mass is 9.97. The van der Waals surface area contributed by atoms with Crippen LogP contribution >= 0.6 is 11.6 Å². The molecule has 1 aromatic carbocycles. The molecule has 0 saturated heterocycles. The highest BCUT2D eigenvalue weighted by Gasteiger charge is 2.22. The number of halogens is 1. The lowest BCUT2D eigenvalue weighted by molar-refractivity contribution is 1.12. The number of aromatic nitrogens is 2. The Kier molecular flexibility index (Phi) is 2.57. The van der Waals surface area contributed by atoms with Crippen molar-refractivity contribution in [2.45, 2.75) is 6.42 Å². The minimum absolute atomic E-state index is 0.513. The molecule has 3 aromatic rings. The minimum Gasteiger partial charge on any atom is -0.260 e. The van der Waals surface area contributed by atoms with Crippen LogP contribution in [-0.2, 0) is 6.42 Å². The van der Waals surface area contributed by atoms with Crippen LogP contribution in [0.25, 0.3) is 22.3 Å². The van der Waals surface area contributed by atoms with Gasteiger partial charge >= 0.3 is 0 Å². The standard InChI is InChI=1S/C17H11ClN2/c18-16-10-12(5-7-20-16)14-6-8-19-15-9-11-3-1-2-4-13(11)17(14)15/h1-8,10H,9H2. The fourth-order valence-electron chi connectivity index (χ4n) is 2.85. The normalized spacial score (nSPS) is 12.1. The zero-order valence-electron chi connectivity index (χ0n) is 10.7. The summed E-state index contributed by atoms with van der Waals surface area (Å²) in [5, 5.41) is 0.513. The summed E-state index contributed by atoms with van der Waals surface area (Å²) in [6, 6.07) is 14.4. The molecular weight excluding hydrogens is 268 g/mol.